The molecule has 0 aromatic heterocycles. The molecular weight excluding hydrogens is 288 g/mol. The van der Waals surface area contributed by atoms with E-state index in [-0.39, 0.29) is 52.9 Å². The van der Waals surface area contributed by atoms with Gasteiger partial charge in [-0.05, 0) is 0 Å². The smallest absolute Gasteiger partial charge is 0.335 e. The zero-order chi connectivity index (χ0) is 15.9. The first kappa shape index (κ1) is 19.7. The van der Waals surface area contributed by atoms with Gasteiger partial charge in [-0.25, -0.2) is 4.79 Å². The van der Waals surface area contributed by atoms with Gasteiger partial charge in [0.05, 0.1) is 46.1 Å². The van der Waals surface area contributed by atoms with Crippen LogP contribution < -0.4 is 0 Å². The third-order valence-corrected chi connectivity index (χ3v) is 2.07. The summed E-state index contributed by atoms with van der Waals surface area (Å²) in [6, 6.07) is 0. The minimum atomic E-state index is -1.60. The third kappa shape index (κ3) is 12.2. The minimum absolute atomic E-state index is 0.0321. The van der Waals surface area contributed by atoms with Crippen molar-refractivity contribution >= 4 is 11.9 Å². The van der Waals surface area contributed by atoms with Gasteiger partial charge in [-0.3, -0.25) is 4.79 Å². The van der Waals surface area contributed by atoms with Crippen LogP contribution in [0, 0.1) is 0 Å². The van der Waals surface area contributed by atoms with E-state index >= 15 is 0 Å². The number of carbonyl (C=O) groups is 2. The molecule has 0 aliphatic carbocycles. The maximum Gasteiger partial charge on any atom is 0.335 e. The van der Waals surface area contributed by atoms with Crippen molar-refractivity contribution in [3.8, 4) is 0 Å². The lowest BCUT2D eigenvalue weighted by Gasteiger charge is -2.10. The van der Waals surface area contributed by atoms with Crippen molar-refractivity contribution in [2.45, 2.75) is 12.5 Å². The molecule has 0 saturated heterocycles. The molecule has 0 bridgehead atoms. The van der Waals surface area contributed by atoms with Gasteiger partial charge >= 0.3 is 11.9 Å². The van der Waals surface area contributed by atoms with Crippen molar-refractivity contribution in [2.24, 2.45) is 0 Å². The van der Waals surface area contributed by atoms with Crippen molar-refractivity contribution in [2.75, 3.05) is 52.9 Å². The molecule has 9 heteroatoms. The van der Waals surface area contributed by atoms with E-state index in [1.54, 1.807) is 0 Å². The van der Waals surface area contributed by atoms with E-state index < -0.39 is 24.5 Å². The molecule has 1 atom stereocenters. The van der Waals surface area contributed by atoms with Crippen LogP contribution in [0.3, 0.4) is 0 Å². The number of carbonyl (C=O) groups excluding carboxylic acids is 2. The molecule has 0 aromatic carbocycles. The largest absolute Gasteiger partial charge is 0.463 e. The Kier molecular flexibility index (Phi) is 12.9. The summed E-state index contributed by atoms with van der Waals surface area (Å²) in [6.45, 7) is 0.108. The Hall–Kier alpha value is -1.26. The molecule has 0 spiro atoms. The summed E-state index contributed by atoms with van der Waals surface area (Å²) in [6.07, 6.45) is -2.12. The van der Waals surface area contributed by atoms with Crippen LogP contribution in [-0.2, 0) is 28.5 Å². The topological polar surface area (TPSA) is 132 Å². The summed E-state index contributed by atoms with van der Waals surface area (Å²) < 4.78 is 19.1. The van der Waals surface area contributed by atoms with E-state index in [0.29, 0.717) is 0 Å². The van der Waals surface area contributed by atoms with Crippen LogP contribution >= 0.6 is 0 Å². The second kappa shape index (κ2) is 13.7. The molecule has 0 rings (SSSR count). The Bertz CT molecular complexity index is 282. The SMILES string of the molecule is O=C(CC(O)C(=O)OCCOCCO)OCCOCCO. The van der Waals surface area contributed by atoms with Crippen molar-refractivity contribution in [3.63, 3.8) is 0 Å². The fourth-order valence-corrected chi connectivity index (χ4v) is 1.15. The summed E-state index contributed by atoms with van der Waals surface area (Å²) in [7, 11) is 0. The quantitative estimate of drug-likeness (QED) is 0.257. The lowest BCUT2D eigenvalue weighted by atomic mass is 10.2. The zero-order valence-corrected chi connectivity index (χ0v) is 11.7. The van der Waals surface area contributed by atoms with Gasteiger partial charge in [0.1, 0.15) is 13.2 Å². The van der Waals surface area contributed by atoms with E-state index in [1.165, 1.54) is 0 Å². The van der Waals surface area contributed by atoms with E-state index in [0.717, 1.165) is 0 Å². The predicted octanol–water partition coefficient (Wildman–Crippen LogP) is -2.16. The normalized spacial score (nSPS) is 12.0. The monoisotopic (exact) mass is 310 g/mol. The number of esters is 2. The standard InChI is InChI=1S/C12H22O9/c13-1-3-18-5-7-20-11(16)9-10(15)12(17)21-8-6-19-4-2-14/h10,13-15H,1-9H2. The van der Waals surface area contributed by atoms with Gasteiger partial charge in [-0.1, -0.05) is 0 Å². The summed E-state index contributed by atoms with van der Waals surface area (Å²) in [5.41, 5.74) is 0. The minimum Gasteiger partial charge on any atom is -0.463 e. The van der Waals surface area contributed by atoms with E-state index in [2.05, 4.69) is 4.74 Å². The maximum atomic E-state index is 11.3. The fourth-order valence-electron chi connectivity index (χ4n) is 1.15. The molecule has 0 heterocycles. The lowest BCUT2D eigenvalue weighted by Crippen LogP contribution is -2.28. The van der Waals surface area contributed by atoms with E-state index in [9.17, 15) is 14.7 Å². The van der Waals surface area contributed by atoms with Crippen molar-refractivity contribution in [1.29, 1.82) is 0 Å². The Morgan fingerprint density at radius 2 is 1.33 bits per heavy atom. The molecular formula is C12H22O9. The number of ether oxygens (including phenoxy) is 4. The van der Waals surface area contributed by atoms with Gasteiger partial charge in [-0.2, -0.15) is 0 Å². The van der Waals surface area contributed by atoms with Crippen LogP contribution in [0.15, 0.2) is 0 Å². The first-order valence-electron chi connectivity index (χ1n) is 6.49. The Morgan fingerprint density at radius 1 is 0.810 bits per heavy atom. The molecule has 1 unspecified atom stereocenters. The Morgan fingerprint density at radius 3 is 1.86 bits per heavy atom. The molecule has 0 amide bonds. The summed E-state index contributed by atoms with van der Waals surface area (Å²) >= 11 is 0. The number of hydrogen-bond donors (Lipinski definition) is 3. The third-order valence-electron chi connectivity index (χ3n) is 2.07. The second-order valence-electron chi connectivity index (χ2n) is 3.78. The number of hydrogen-bond acceptors (Lipinski definition) is 9. The second-order valence-corrected chi connectivity index (χ2v) is 3.78. The first-order valence-corrected chi connectivity index (χ1v) is 6.49. The molecule has 21 heavy (non-hydrogen) atoms. The highest BCUT2D eigenvalue weighted by molar-refractivity contribution is 5.81. The van der Waals surface area contributed by atoms with Crippen LogP contribution in [0.5, 0.6) is 0 Å². The van der Waals surface area contributed by atoms with Gasteiger partial charge in [0.2, 0.25) is 0 Å². The van der Waals surface area contributed by atoms with Crippen molar-refractivity contribution in [3.05, 3.63) is 0 Å². The molecule has 0 saturated carbocycles. The molecule has 0 aliphatic rings. The van der Waals surface area contributed by atoms with E-state index in [1.807, 2.05) is 0 Å². The lowest BCUT2D eigenvalue weighted by molar-refractivity contribution is -0.161. The van der Waals surface area contributed by atoms with Gasteiger partial charge < -0.3 is 34.3 Å². The maximum absolute atomic E-state index is 11.3. The molecule has 9 nitrogen and oxygen atoms in total. The first-order chi connectivity index (χ1) is 10.1. The fraction of sp³-hybridized carbons (Fsp3) is 0.833. The van der Waals surface area contributed by atoms with Crippen LogP contribution in [0.25, 0.3) is 0 Å². The average molecular weight is 310 g/mol. The van der Waals surface area contributed by atoms with Crippen LogP contribution in [0.4, 0.5) is 0 Å². The average Bonchev–Trinajstić information content (AvgIpc) is 2.46. The highest BCUT2D eigenvalue weighted by Crippen LogP contribution is 1.98. The van der Waals surface area contributed by atoms with Crippen LogP contribution in [0.1, 0.15) is 6.42 Å². The molecule has 0 radical (unpaired) electrons. The molecule has 3 N–H and O–H groups in total. The Balaban J connectivity index is 3.62. The zero-order valence-electron chi connectivity index (χ0n) is 11.7. The summed E-state index contributed by atoms with van der Waals surface area (Å²) in [5, 5.41) is 26.3. The highest BCUT2D eigenvalue weighted by atomic mass is 16.6. The highest BCUT2D eigenvalue weighted by Gasteiger charge is 2.21. The van der Waals surface area contributed by atoms with Crippen LogP contribution in [0.2, 0.25) is 0 Å². The molecule has 124 valence electrons. The van der Waals surface area contributed by atoms with Gasteiger partial charge in [0.25, 0.3) is 0 Å². The number of aliphatic hydroxyl groups excluding tert-OH is 3. The van der Waals surface area contributed by atoms with Crippen molar-refractivity contribution in [1.82, 2.24) is 0 Å². The number of rotatable bonds is 13. The summed E-state index contributed by atoms with van der Waals surface area (Å²) in [4.78, 5) is 22.5. The van der Waals surface area contributed by atoms with Gasteiger partial charge in [-0.15, -0.1) is 0 Å². The molecule has 0 fully saturated rings. The summed E-state index contributed by atoms with van der Waals surface area (Å²) in [5.74, 6) is -1.71. The van der Waals surface area contributed by atoms with Gasteiger partial charge in [0.15, 0.2) is 6.10 Å². The van der Waals surface area contributed by atoms with E-state index in [4.69, 9.17) is 24.4 Å². The van der Waals surface area contributed by atoms with Gasteiger partial charge in [0, 0.05) is 0 Å². The number of aliphatic hydroxyl groups is 3. The Labute approximate surface area is 122 Å². The van der Waals surface area contributed by atoms with Crippen LogP contribution in [-0.4, -0.2) is 86.2 Å². The molecule has 0 aliphatic heterocycles. The predicted molar refractivity (Wildman–Crippen MR) is 68.4 cm³/mol. The molecule has 0 aromatic rings. The van der Waals surface area contributed by atoms with Crippen molar-refractivity contribution < 1.29 is 43.9 Å².